The smallest absolute Gasteiger partial charge is 0.270 e. The van der Waals surface area contributed by atoms with Crippen LogP contribution in [0, 0.1) is 5.41 Å². The van der Waals surface area contributed by atoms with Crippen LogP contribution in [0.1, 0.15) is 53.3 Å². The third-order valence-corrected chi connectivity index (χ3v) is 6.70. The highest BCUT2D eigenvalue weighted by atomic mass is 16.5. The van der Waals surface area contributed by atoms with Gasteiger partial charge in [-0.1, -0.05) is 25.1 Å². The normalized spacial score (nSPS) is 17.6. The average Bonchev–Trinajstić information content (AvgIpc) is 3.51. The molecule has 2 fully saturated rings. The SMILES string of the molecule is CC1(Cn2c(=O)c(C(=O)NC3CC3)c(O)n3nc(-c4ccccc4C(N)=O)cc23)CCOCC1. The molecule has 3 heterocycles. The van der Waals surface area contributed by atoms with E-state index in [1.54, 1.807) is 30.3 Å². The number of benzene rings is 1. The molecule has 2 aliphatic rings. The van der Waals surface area contributed by atoms with Crippen molar-refractivity contribution < 1.29 is 19.4 Å². The number of aromatic hydroxyl groups is 1. The molecule has 1 aliphatic carbocycles. The summed E-state index contributed by atoms with van der Waals surface area (Å²) < 4.78 is 8.19. The van der Waals surface area contributed by atoms with Gasteiger partial charge in [0.1, 0.15) is 5.65 Å². The van der Waals surface area contributed by atoms with Gasteiger partial charge in [0.05, 0.1) is 5.69 Å². The minimum absolute atomic E-state index is 0.0130. The lowest BCUT2D eigenvalue weighted by Crippen LogP contribution is -2.39. The van der Waals surface area contributed by atoms with Gasteiger partial charge >= 0.3 is 0 Å². The number of hydrogen-bond acceptors (Lipinski definition) is 6. The van der Waals surface area contributed by atoms with Crippen LogP contribution >= 0.6 is 0 Å². The molecule has 0 atom stereocenters. The quantitative estimate of drug-likeness (QED) is 0.506. The Morgan fingerprint density at radius 1 is 1.26 bits per heavy atom. The number of carbonyl (C=O) groups excluding carboxylic acids is 2. The molecule has 34 heavy (non-hydrogen) atoms. The Hall–Kier alpha value is -3.66. The lowest BCUT2D eigenvalue weighted by atomic mass is 9.82. The van der Waals surface area contributed by atoms with Crippen LogP contribution < -0.4 is 16.6 Å². The van der Waals surface area contributed by atoms with Crippen molar-refractivity contribution in [3.8, 4) is 17.1 Å². The van der Waals surface area contributed by atoms with Crippen LogP contribution in [0.25, 0.3) is 16.9 Å². The zero-order valence-corrected chi connectivity index (χ0v) is 18.9. The fourth-order valence-electron chi connectivity index (χ4n) is 4.45. The van der Waals surface area contributed by atoms with E-state index in [0.717, 1.165) is 25.7 Å². The van der Waals surface area contributed by atoms with E-state index in [4.69, 9.17) is 10.5 Å². The zero-order chi connectivity index (χ0) is 24.0. The van der Waals surface area contributed by atoms with E-state index in [2.05, 4.69) is 17.3 Å². The van der Waals surface area contributed by atoms with Crippen molar-refractivity contribution >= 4 is 17.5 Å². The van der Waals surface area contributed by atoms with Crippen molar-refractivity contribution in [3.63, 3.8) is 0 Å². The number of nitrogens with one attached hydrogen (secondary N) is 1. The number of ether oxygens (including phenoxy) is 1. The van der Waals surface area contributed by atoms with Gasteiger partial charge in [0.2, 0.25) is 11.8 Å². The Kier molecular flexibility index (Phi) is 5.40. The predicted molar refractivity (Wildman–Crippen MR) is 124 cm³/mol. The van der Waals surface area contributed by atoms with Gasteiger partial charge in [-0.15, -0.1) is 0 Å². The van der Waals surface area contributed by atoms with E-state index in [9.17, 15) is 19.5 Å². The van der Waals surface area contributed by atoms with E-state index in [1.807, 2.05) is 0 Å². The summed E-state index contributed by atoms with van der Waals surface area (Å²) in [6.45, 7) is 3.58. The molecule has 3 aromatic rings. The second-order valence-corrected chi connectivity index (χ2v) is 9.47. The maximum Gasteiger partial charge on any atom is 0.270 e. The van der Waals surface area contributed by atoms with Gasteiger partial charge in [-0.05, 0) is 37.2 Å². The Labute approximate surface area is 195 Å². The van der Waals surface area contributed by atoms with Crippen molar-refractivity contribution in [2.24, 2.45) is 11.1 Å². The average molecular weight is 466 g/mol. The third-order valence-electron chi connectivity index (χ3n) is 6.70. The summed E-state index contributed by atoms with van der Waals surface area (Å²) >= 11 is 0. The van der Waals surface area contributed by atoms with Gasteiger partial charge < -0.3 is 20.9 Å². The fraction of sp³-hybridized carbons (Fsp3) is 0.417. The van der Waals surface area contributed by atoms with Crippen LogP contribution in [0.2, 0.25) is 0 Å². The summed E-state index contributed by atoms with van der Waals surface area (Å²) in [5.41, 5.74) is 5.81. The molecule has 1 saturated heterocycles. The first kappa shape index (κ1) is 22.1. The summed E-state index contributed by atoms with van der Waals surface area (Å²) in [7, 11) is 0. The molecule has 1 saturated carbocycles. The zero-order valence-electron chi connectivity index (χ0n) is 18.9. The number of primary amides is 1. The van der Waals surface area contributed by atoms with Crippen molar-refractivity contribution in [1.82, 2.24) is 19.5 Å². The number of nitrogens with zero attached hydrogens (tertiary/aromatic N) is 3. The van der Waals surface area contributed by atoms with Gasteiger partial charge in [0.25, 0.3) is 11.5 Å². The second-order valence-electron chi connectivity index (χ2n) is 9.47. The van der Waals surface area contributed by atoms with E-state index < -0.39 is 23.3 Å². The molecule has 10 nitrogen and oxygen atoms in total. The number of amides is 2. The van der Waals surface area contributed by atoms with Crippen molar-refractivity contribution in [1.29, 1.82) is 0 Å². The minimum Gasteiger partial charge on any atom is -0.492 e. The van der Waals surface area contributed by atoms with Crippen molar-refractivity contribution in [2.45, 2.75) is 45.2 Å². The highest BCUT2D eigenvalue weighted by molar-refractivity contribution is 6.00. The summed E-state index contributed by atoms with van der Waals surface area (Å²) in [5, 5.41) is 18.2. The molecule has 0 bridgehead atoms. The molecule has 1 aromatic carbocycles. The van der Waals surface area contributed by atoms with Crippen LogP contribution in [-0.4, -0.2) is 50.4 Å². The predicted octanol–water partition coefficient (Wildman–Crippen LogP) is 1.68. The van der Waals surface area contributed by atoms with Gasteiger partial charge in [-0.3, -0.25) is 19.0 Å². The minimum atomic E-state index is -0.618. The molecular formula is C24H27N5O5. The number of rotatable bonds is 6. The molecule has 1 aliphatic heterocycles. The topological polar surface area (TPSA) is 141 Å². The molecule has 4 N–H and O–H groups in total. The Bertz CT molecular complexity index is 1350. The molecule has 0 radical (unpaired) electrons. The fourth-order valence-corrected chi connectivity index (χ4v) is 4.45. The number of hydrogen-bond donors (Lipinski definition) is 3. The summed E-state index contributed by atoms with van der Waals surface area (Å²) in [6, 6.07) is 8.37. The summed E-state index contributed by atoms with van der Waals surface area (Å²) in [6.07, 6.45) is 3.19. The Morgan fingerprint density at radius 2 is 1.97 bits per heavy atom. The third kappa shape index (κ3) is 3.94. The van der Waals surface area contributed by atoms with Crippen LogP contribution in [-0.2, 0) is 11.3 Å². The van der Waals surface area contributed by atoms with E-state index in [-0.39, 0.29) is 22.6 Å². The van der Waals surface area contributed by atoms with E-state index >= 15 is 0 Å². The standard InChI is InChI=1S/C24H27N5O5/c1-24(8-10-34-11-9-24)13-28-18-12-17(15-4-2-3-5-16(15)20(25)30)27-29(18)23(33)19(22(28)32)21(31)26-14-6-7-14/h2-5,12,14,33H,6-11,13H2,1H3,(H2,25,30)(H,26,31). The number of fused-ring (bicyclic) bond motifs is 1. The first-order valence-electron chi connectivity index (χ1n) is 11.4. The van der Waals surface area contributed by atoms with Crippen molar-refractivity contribution in [3.05, 3.63) is 51.8 Å². The molecule has 5 rings (SSSR count). The summed E-state index contributed by atoms with van der Waals surface area (Å²) in [4.78, 5) is 38.5. The van der Waals surface area contributed by atoms with Crippen LogP contribution in [0.4, 0.5) is 0 Å². The monoisotopic (exact) mass is 465 g/mol. The molecule has 2 amide bonds. The van der Waals surface area contributed by atoms with E-state index in [0.29, 0.717) is 36.7 Å². The molecule has 10 heteroatoms. The number of nitrogens with two attached hydrogens (primary N) is 1. The van der Waals surface area contributed by atoms with Gasteiger partial charge in [-0.2, -0.15) is 9.61 Å². The first-order valence-corrected chi connectivity index (χ1v) is 11.4. The van der Waals surface area contributed by atoms with Crippen LogP contribution in [0.3, 0.4) is 0 Å². The second kappa shape index (κ2) is 8.28. The van der Waals surface area contributed by atoms with E-state index in [1.165, 1.54) is 9.08 Å². The maximum absolute atomic E-state index is 13.6. The highest BCUT2D eigenvalue weighted by Crippen LogP contribution is 2.33. The maximum atomic E-state index is 13.6. The molecule has 2 aromatic heterocycles. The summed E-state index contributed by atoms with van der Waals surface area (Å²) in [5.74, 6) is -1.77. The number of carbonyl (C=O) groups is 2. The van der Waals surface area contributed by atoms with Gasteiger partial charge in [0.15, 0.2) is 5.56 Å². The largest absolute Gasteiger partial charge is 0.492 e. The van der Waals surface area contributed by atoms with Gasteiger partial charge in [-0.25, -0.2) is 0 Å². The highest BCUT2D eigenvalue weighted by Gasteiger charge is 2.33. The Balaban J connectivity index is 1.71. The molecule has 178 valence electrons. The van der Waals surface area contributed by atoms with Gasteiger partial charge in [0, 0.05) is 43.0 Å². The van der Waals surface area contributed by atoms with Crippen molar-refractivity contribution in [2.75, 3.05) is 13.2 Å². The molecular weight excluding hydrogens is 438 g/mol. The van der Waals surface area contributed by atoms with Crippen LogP contribution in [0.15, 0.2) is 35.1 Å². The Morgan fingerprint density at radius 3 is 2.65 bits per heavy atom. The van der Waals surface area contributed by atoms with Crippen LogP contribution in [0.5, 0.6) is 5.88 Å². The lowest BCUT2D eigenvalue weighted by molar-refractivity contribution is 0.0154. The molecule has 0 unspecified atom stereocenters. The number of aromatic nitrogens is 3. The lowest BCUT2D eigenvalue weighted by Gasteiger charge is -2.34. The molecule has 0 spiro atoms. The first-order chi connectivity index (χ1) is 16.3.